The van der Waals surface area contributed by atoms with Crippen molar-refractivity contribution in [1.82, 2.24) is 0 Å². The Morgan fingerprint density at radius 2 is 1.25 bits per heavy atom. The van der Waals surface area contributed by atoms with E-state index in [2.05, 4.69) is 22.0 Å². The molecule has 0 bridgehead atoms. The van der Waals surface area contributed by atoms with E-state index in [1.54, 1.807) is 27.2 Å². The zero-order valence-corrected chi connectivity index (χ0v) is 34.8. The van der Waals surface area contributed by atoms with Gasteiger partial charge in [0.2, 0.25) is 0 Å². The molecule has 2 heterocycles. The second-order valence-corrected chi connectivity index (χ2v) is 15.5. The van der Waals surface area contributed by atoms with Gasteiger partial charge in [-0.3, -0.25) is 24.7 Å². The van der Waals surface area contributed by atoms with Crippen LogP contribution in [0.2, 0.25) is 0 Å². The van der Waals surface area contributed by atoms with Gasteiger partial charge in [-0.15, -0.1) is 5.41 Å². The van der Waals surface area contributed by atoms with Crippen molar-refractivity contribution in [2.75, 3.05) is 13.2 Å². The molecule has 8 atom stereocenters. The molecule has 229 valence electrons. The first-order valence-corrected chi connectivity index (χ1v) is 17.5. The summed E-state index contributed by atoms with van der Waals surface area (Å²) in [5, 5.41) is 0. The van der Waals surface area contributed by atoms with Crippen LogP contribution in [0.1, 0.15) is 66.2 Å². The zero-order chi connectivity index (χ0) is 28.1. The quantitative estimate of drug-likeness (QED) is 0.123. The smallest absolute Gasteiger partial charge is 0.280 e. The molecule has 2 aliphatic rings. The maximum absolute atomic E-state index is 11.9. The van der Waals surface area contributed by atoms with Crippen LogP contribution in [-0.2, 0) is 148 Å². The van der Waals surface area contributed by atoms with Crippen LogP contribution in [0, 0.1) is 11.8 Å². The summed E-state index contributed by atoms with van der Waals surface area (Å²) in [7, 11) is -23.8. The molecule has 0 aromatic rings. The van der Waals surface area contributed by atoms with Crippen LogP contribution in [0.4, 0.5) is 0 Å². The minimum Gasteiger partial charge on any atom is -0.756 e. The van der Waals surface area contributed by atoms with Gasteiger partial charge in [-0.2, -0.15) is 0 Å². The molecule has 0 N–H and O–H groups in total. The first kappa shape index (κ1) is 45.9. The van der Waals surface area contributed by atoms with Gasteiger partial charge in [0.1, 0.15) is 0 Å². The Balaban J connectivity index is 0. The molecule has 0 saturated carbocycles. The number of phosphoric ester groups is 2. The fourth-order valence-corrected chi connectivity index (χ4v) is 8.71. The number of hydrogen-bond acceptors (Lipinski definition) is 15. The van der Waals surface area contributed by atoms with E-state index in [1.807, 2.05) is 6.92 Å². The van der Waals surface area contributed by atoms with Crippen molar-refractivity contribution < 1.29 is 167 Å². The molecule has 0 aliphatic carbocycles. The predicted octanol–water partition coefficient (Wildman–Crippen LogP) is 2.08. The van der Waals surface area contributed by atoms with Crippen LogP contribution < -0.4 is 19.6 Å². The molecule has 2 saturated heterocycles. The van der Waals surface area contributed by atoms with Gasteiger partial charge in [0.05, 0.1) is 31.5 Å². The van der Waals surface area contributed by atoms with Gasteiger partial charge >= 0.3 is 0 Å². The Morgan fingerprint density at radius 1 is 0.775 bits per heavy atom. The van der Waals surface area contributed by atoms with Crippen LogP contribution in [0.3, 0.4) is 0 Å². The van der Waals surface area contributed by atoms with Crippen molar-refractivity contribution in [3.63, 3.8) is 0 Å². The number of ether oxygens (including phenoxy) is 2. The molecule has 2 aliphatic heterocycles. The van der Waals surface area contributed by atoms with Crippen molar-refractivity contribution in [1.29, 1.82) is 0 Å². The second-order valence-electron chi connectivity index (χ2n) is 9.40. The van der Waals surface area contributed by atoms with E-state index in [0.717, 1.165) is 25.7 Å². The molecule has 2 rings (SSSR count). The SMILES string of the molecule is CCCCC[C@H]1CC[C@@H](COP(=O)([O-])OP(=O)([O-])OP(=O)([O-])OP(=O)([O-])OC[C@H]2O[C@@H](C)[CH-]C2(C)C)O1.[Y].[Y].[Y]. The van der Waals surface area contributed by atoms with E-state index in [1.165, 1.54) is 0 Å². The Kier molecular flexibility index (Phi) is 22.5. The molecular formula is C18H33O15P4Y3-5. The molecule has 2 fully saturated rings. The van der Waals surface area contributed by atoms with Gasteiger partial charge in [-0.05, 0) is 19.3 Å². The van der Waals surface area contributed by atoms with Gasteiger partial charge in [-0.1, -0.05) is 53.1 Å². The Hall–Kier alpha value is 3.79. The molecule has 3 radical (unpaired) electrons. The van der Waals surface area contributed by atoms with Crippen LogP contribution in [0.15, 0.2) is 0 Å². The summed E-state index contributed by atoms with van der Waals surface area (Å²) in [4.78, 5) is 47.4. The third kappa shape index (κ3) is 17.6. The summed E-state index contributed by atoms with van der Waals surface area (Å²) >= 11 is 0. The topological polar surface area (TPSA) is 225 Å². The monoisotopic (exact) mass is 880 g/mol. The van der Waals surface area contributed by atoms with Gasteiger partial charge in [0, 0.05) is 98.1 Å². The summed E-state index contributed by atoms with van der Waals surface area (Å²) in [6.45, 7) is 5.98. The Labute approximate surface area is 310 Å². The molecule has 22 heteroatoms. The van der Waals surface area contributed by atoms with Crippen molar-refractivity contribution >= 4 is 31.3 Å². The first-order valence-electron chi connectivity index (χ1n) is 11.7. The maximum Gasteiger partial charge on any atom is 0.280 e. The van der Waals surface area contributed by atoms with Crippen LogP contribution in [0.25, 0.3) is 0 Å². The summed E-state index contributed by atoms with van der Waals surface area (Å²) in [5.41, 5.74) is -0.621. The van der Waals surface area contributed by atoms with E-state index in [0.29, 0.717) is 12.8 Å². The van der Waals surface area contributed by atoms with Gasteiger partial charge in [0.15, 0.2) is 0 Å². The van der Waals surface area contributed by atoms with Crippen molar-refractivity contribution in [3.8, 4) is 0 Å². The zero-order valence-electron chi connectivity index (χ0n) is 22.7. The molecule has 15 nitrogen and oxygen atoms in total. The standard InChI is InChI=1S/C18H37O15P4.3Y/c1-5-6-7-8-15-9-10-16(30-15)12-27-34(19,20)31-36(23,24)33-37(25,26)32-35(21,22)28-13-17-18(3,4)11-14(2)29-17;;;/h11,14-17H,5-10,12-13H2,1-4H3,(H,19,20)(H,21,22)(H,23,24)(H,25,26);;;/q-1;;;/p-4/t14-,15-,16-,17+;;;/m0.../s1. The average Bonchev–Trinajstić information content (AvgIpc) is 3.25. The van der Waals surface area contributed by atoms with E-state index >= 15 is 0 Å². The molecular weight excluding hydrogens is 847 g/mol. The average molecular weight is 880 g/mol. The molecule has 0 aromatic heterocycles. The van der Waals surface area contributed by atoms with Crippen LogP contribution in [0.5, 0.6) is 0 Å². The number of unbranched alkanes of at least 4 members (excludes halogenated alkanes) is 2. The molecule has 0 spiro atoms. The minimum absolute atomic E-state index is 0. The predicted molar refractivity (Wildman–Crippen MR) is 120 cm³/mol. The van der Waals surface area contributed by atoms with Crippen molar-refractivity contribution in [2.45, 2.75) is 90.6 Å². The summed E-state index contributed by atoms with van der Waals surface area (Å²) in [5.74, 6) is 0. The Bertz CT molecular complexity index is 957. The molecule has 4 unspecified atom stereocenters. The van der Waals surface area contributed by atoms with E-state index < -0.39 is 62.1 Å². The van der Waals surface area contributed by atoms with Gasteiger partial charge < -0.3 is 38.1 Å². The largest absolute Gasteiger partial charge is 0.756 e. The summed E-state index contributed by atoms with van der Waals surface area (Å²) < 4.78 is 78.4. The Morgan fingerprint density at radius 3 is 1.73 bits per heavy atom. The fraction of sp³-hybridized carbons (Fsp3) is 0.944. The molecule has 0 aromatic carbocycles. The summed E-state index contributed by atoms with van der Waals surface area (Å²) in [6, 6.07) is 0. The minimum atomic E-state index is -6.23. The third-order valence-electron chi connectivity index (χ3n) is 5.60. The fourth-order valence-electron chi connectivity index (χ4n) is 3.95. The van der Waals surface area contributed by atoms with Gasteiger partial charge in [-0.25, -0.2) is 12.9 Å². The molecule has 40 heavy (non-hydrogen) atoms. The van der Waals surface area contributed by atoms with Crippen molar-refractivity contribution in [3.05, 3.63) is 6.42 Å². The number of hydrogen-bond donors (Lipinski definition) is 0. The molecule has 0 amide bonds. The third-order valence-corrected chi connectivity index (χ3v) is 11.3. The van der Waals surface area contributed by atoms with E-state index in [-0.39, 0.29) is 110 Å². The van der Waals surface area contributed by atoms with Crippen molar-refractivity contribution in [2.24, 2.45) is 5.41 Å². The summed E-state index contributed by atoms with van der Waals surface area (Å²) in [6.07, 6.45) is 4.85. The van der Waals surface area contributed by atoms with E-state index in [9.17, 15) is 37.8 Å². The van der Waals surface area contributed by atoms with Gasteiger partial charge in [0.25, 0.3) is 31.3 Å². The van der Waals surface area contributed by atoms with Crippen LogP contribution >= 0.6 is 31.3 Å². The number of phosphoric acid groups is 4. The van der Waals surface area contributed by atoms with Crippen LogP contribution in [-0.4, -0.2) is 37.6 Å². The van der Waals surface area contributed by atoms with E-state index in [4.69, 9.17) is 9.47 Å². The number of rotatable bonds is 16. The first-order chi connectivity index (χ1) is 16.8. The second kappa shape index (κ2) is 19.6. The maximum atomic E-state index is 11.9. The normalized spacial score (nSPS) is 29.9.